The van der Waals surface area contributed by atoms with E-state index in [9.17, 15) is 17.6 Å². The Morgan fingerprint density at radius 3 is 2.50 bits per heavy atom. The maximum absolute atomic E-state index is 13.7. The Morgan fingerprint density at radius 1 is 1.09 bits per heavy atom. The molecule has 0 radical (unpaired) electrons. The van der Waals surface area contributed by atoms with Crippen molar-refractivity contribution in [2.45, 2.75) is 0 Å². The Kier molecular flexibility index (Phi) is 6.01. The van der Waals surface area contributed by atoms with E-state index in [-0.39, 0.29) is 17.6 Å². The number of anilines is 4. The number of carbonyl (C=O) groups excluding carboxylic acids is 1. The number of pyridine rings is 1. The fourth-order valence-corrected chi connectivity index (χ4v) is 3.95. The number of carbonyl (C=O) groups is 1. The average molecular weight is 461 g/mol. The second-order valence-corrected chi connectivity index (χ2v) is 9.01. The van der Waals surface area contributed by atoms with Crippen LogP contribution in [0.2, 0.25) is 0 Å². The molecule has 0 unspecified atom stereocenters. The van der Waals surface area contributed by atoms with Gasteiger partial charge in [-0.3, -0.25) is 4.79 Å². The number of hydrogen-bond acceptors (Lipinski definition) is 9. The molecule has 1 amide bonds. The van der Waals surface area contributed by atoms with Gasteiger partial charge in [-0.2, -0.15) is 4.31 Å². The number of amides is 1. The first-order valence-electron chi connectivity index (χ1n) is 9.62. The quantitative estimate of drug-likeness (QED) is 0.562. The van der Waals surface area contributed by atoms with Crippen LogP contribution in [0, 0.1) is 5.82 Å². The first-order chi connectivity index (χ1) is 15.3. The zero-order valence-electron chi connectivity index (χ0n) is 17.0. The molecule has 0 bridgehead atoms. The fourth-order valence-electron chi connectivity index (χ4n) is 3.12. The van der Waals surface area contributed by atoms with Crippen LogP contribution in [0.1, 0.15) is 10.7 Å². The van der Waals surface area contributed by atoms with Gasteiger partial charge in [0.25, 0.3) is 0 Å². The smallest absolute Gasteiger partial charge is 0.320 e. The average Bonchev–Trinajstić information content (AvgIpc) is 3.24. The topological polar surface area (TPSA) is 134 Å². The van der Waals surface area contributed by atoms with Crippen LogP contribution in [0.3, 0.4) is 0 Å². The molecule has 0 aliphatic carbocycles. The molecule has 1 saturated heterocycles. The van der Waals surface area contributed by atoms with Gasteiger partial charge >= 0.3 is 17.8 Å². The Labute approximate surface area is 183 Å². The third-order valence-corrected chi connectivity index (χ3v) is 6.08. The normalized spacial score (nSPS) is 14.9. The summed E-state index contributed by atoms with van der Waals surface area (Å²) in [7, 11) is -3.20. The number of para-hydroxylation sites is 1. The van der Waals surface area contributed by atoms with Gasteiger partial charge in [0.1, 0.15) is 11.6 Å². The minimum atomic E-state index is -3.20. The van der Waals surface area contributed by atoms with Gasteiger partial charge in [0.15, 0.2) is 0 Å². The van der Waals surface area contributed by atoms with Crippen LogP contribution in [0.4, 0.5) is 27.6 Å². The summed E-state index contributed by atoms with van der Waals surface area (Å²) in [6, 6.07) is 9.21. The lowest BCUT2D eigenvalue weighted by atomic mass is 10.3. The number of rotatable bonds is 6. The first-order valence-corrected chi connectivity index (χ1v) is 11.5. The second-order valence-electron chi connectivity index (χ2n) is 7.03. The molecule has 1 fully saturated rings. The SMILES string of the molecule is CS(=O)(=O)N1CCN(c2ccc(NC(=O)c3nnc(Nc4ccccc4F)o3)cn2)CC1. The number of nitrogens with one attached hydrogen (secondary N) is 2. The summed E-state index contributed by atoms with van der Waals surface area (Å²) in [6.07, 6.45) is 2.67. The molecule has 3 heterocycles. The molecule has 0 spiro atoms. The Morgan fingerprint density at radius 2 is 1.84 bits per heavy atom. The van der Waals surface area contributed by atoms with Crippen molar-refractivity contribution in [3.8, 4) is 0 Å². The van der Waals surface area contributed by atoms with E-state index in [1.807, 2.05) is 4.90 Å². The van der Waals surface area contributed by atoms with Gasteiger partial charge in [-0.05, 0) is 24.3 Å². The lowest BCUT2D eigenvalue weighted by Crippen LogP contribution is -2.48. The van der Waals surface area contributed by atoms with E-state index in [0.29, 0.717) is 37.7 Å². The molecule has 4 rings (SSSR count). The zero-order chi connectivity index (χ0) is 22.7. The fraction of sp³-hybridized carbons (Fsp3) is 0.263. The van der Waals surface area contributed by atoms with Gasteiger partial charge in [0.05, 0.1) is 23.8 Å². The van der Waals surface area contributed by atoms with Crippen molar-refractivity contribution in [2.24, 2.45) is 0 Å². The van der Waals surface area contributed by atoms with E-state index in [2.05, 4.69) is 25.8 Å². The minimum Gasteiger partial charge on any atom is -0.399 e. The number of nitrogens with zero attached hydrogens (tertiary/aromatic N) is 5. The van der Waals surface area contributed by atoms with E-state index in [1.54, 1.807) is 24.3 Å². The summed E-state index contributed by atoms with van der Waals surface area (Å²) in [5.41, 5.74) is 0.551. The van der Waals surface area contributed by atoms with Crippen LogP contribution in [-0.2, 0) is 10.0 Å². The van der Waals surface area contributed by atoms with Crippen LogP contribution >= 0.6 is 0 Å². The molecule has 32 heavy (non-hydrogen) atoms. The summed E-state index contributed by atoms with van der Waals surface area (Å²) in [4.78, 5) is 18.6. The van der Waals surface area contributed by atoms with E-state index in [1.165, 1.54) is 28.9 Å². The number of aromatic nitrogens is 3. The van der Waals surface area contributed by atoms with Crippen molar-refractivity contribution in [3.63, 3.8) is 0 Å². The zero-order valence-corrected chi connectivity index (χ0v) is 17.8. The number of halogens is 1. The number of hydrogen-bond donors (Lipinski definition) is 2. The summed E-state index contributed by atoms with van der Waals surface area (Å²) >= 11 is 0. The van der Waals surface area contributed by atoms with Gasteiger partial charge in [-0.25, -0.2) is 17.8 Å². The highest BCUT2D eigenvalue weighted by Crippen LogP contribution is 2.20. The highest BCUT2D eigenvalue weighted by atomic mass is 32.2. The van der Waals surface area contributed by atoms with E-state index in [0.717, 1.165) is 0 Å². The van der Waals surface area contributed by atoms with Gasteiger partial charge < -0.3 is 20.0 Å². The Hall–Kier alpha value is -3.58. The summed E-state index contributed by atoms with van der Waals surface area (Å²) in [5, 5.41) is 12.6. The number of benzene rings is 1. The molecule has 2 N–H and O–H groups in total. The lowest BCUT2D eigenvalue weighted by Gasteiger charge is -2.33. The molecule has 13 heteroatoms. The van der Waals surface area contributed by atoms with E-state index >= 15 is 0 Å². The molecule has 0 atom stereocenters. The molecule has 2 aromatic heterocycles. The predicted molar refractivity (Wildman–Crippen MR) is 115 cm³/mol. The maximum atomic E-state index is 13.7. The second kappa shape index (κ2) is 8.88. The van der Waals surface area contributed by atoms with Crippen molar-refractivity contribution < 1.29 is 22.0 Å². The van der Waals surface area contributed by atoms with Gasteiger partial charge in [-0.15, -0.1) is 5.10 Å². The van der Waals surface area contributed by atoms with Gasteiger partial charge in [0.2, 0.25) is 10.0 Å². The van der Waals surface area contributed by atoms with Crippen LogP contribution in [0.15, 0.2) is 47.0 Å². The van der Waals surface area contributed by atoms with Crippen LogP contribution in [0.25, 0.3) is 0 Å². The van der Waals surface area contributed by atoms with Gasteiger partial charge in [-0.1, -0.05) is 17.2 Å². The van der Waals surface area contributed by atoms with Gasteiger partial charge in [0, 0.05) is 26.2 Å². The molecule has 1 aliphatic rings. The Bertz CT molecular complexity index is 1210. The molecule has 168 valence electrons. The summed E-state index contributed by atoms with van der Waals surface area (Å²) in [5.74, 6) is -0.772. The van der Waals surface area contributed by atoms with E-state index < -0.39 is 21.7 Å². The molecule has 11 nitrogen and oxygen atoms in total. The highest BCUT2D eigenvalue weighted by Gasteiger charge is 2.24. The summed E-state index contributed by atoms with van der Waals surface area (Å²) in [6.45, 7) is 1.82. The Balaban J connectivity index is 1.34. The summed E-state index contributed by atoms with van der Waals surface area (Å²) < 4.78 is 43.6. The van der Waals surface area contributed by atoms with Crippen LogP contribution in [-0.4, -0.2) is 66.2 Å². The molecular weight excluding hydrogens is 441 g/mol. The number of sulfonamides is 1. The first kappa shape index (κ1) is 21.6. The maximum Gasteiger partial charge on any atom is 0.320 e. The van der Waals surface area contributed by atoms with Crippen molar-refractivity contribution >= 4 is 39.1 Å². The molecule has 1 aromatic carbocycles. The lowest BCUT2D eigenvalue weighted by molar-refractivity contribution is 0.0991. The molecule has 0 saturated carbocycles. The largest absolute Gasteiger partial charge is 0.399 e. The van der Waals surface area contributed by atoms with Crippen molar-refractivity contribution in [3.05, 3.63) is 54.3 Å². The third-order valence-electron chi connectivity index (χ3n) is 4.77. The third kappa shape index (κ3) is 5.00. The highest BCUT2D eigenvalue weighted by molar-refractivity contribution is 7.88. The standard InChI is InChI=1S/C19H20FN7O4S/c1-32(29,30)27-10-8-26(9-11-27)16-7-6-13(12-21-16)22-17(28)18-24-25-19(31-18)23-15-5-3-2-4-14(15)20/h2-7,12H,8-11H2,1H3,(H,22,28)(H,23,25). The molecule has 1 aliphatic heterocycles. The molecule has 3 aromatic rings. The monoisotopic (exact) mass is 461 g/mol. The van der Waals surface area contributed by atoms with Crippen molar-refractivity contribution in [1.29, 1.82) is 0 Å². The van der Waals surface area contributed by atoms with Crippen LogP contribution in [0.5, 0.6) is 0 Å². The number of piperazine rings is 1. The van der Waals surface area contributed by atoms with E-state index in [4.69, 9.17) is 4.42 Å². The van der Waals surface area contributed by atoms with Crippen molar-refractivity contribution in [2.75, 3.05) is 48.0 Å². The molecular formula is C19H20FN7O4S. The van der Waals surface area contributed by atoms with Crippen LogP contribution < -0.4 is 15.5 Å². The predicted octanol–water partition coefficient (Wildman–Crippen LogP) is 1.68. The minimum absolute atomic E-state index is 0.123. The van der Waals surface area contributed by atoms with Crippen molar-refractivity contribution in [1.82, 2.24) is 19.5 Å².